The summed E-state index contributed by atoms with van der Waals surface area (Å²) in [6, 6.07) is 22.4. The molecule has 131 heavy (non-hydrogen) atoms. The highest BCUT2D eigenvalue weighted by Crippen LogP contribution is 2.49. The van der Waals surface area contributed by atoms with Crippen molar-refractivity contribution in [2.45, 2.75) is 177 Å². The van der Waals surface area contributed by atoms with E-state index in [1.807, 2.05) is 0 Å². The van der Waals surface area contributed by atoms with Crippen molar-refractivity contribution in [1.82, 2.24) is 84.8 Å². The van der Waals surface area contributed by atoms with E-state index in [1.54, 1.807) is 24.3 Å². The van der Waals surface area contributed by atoms with Gasteiger partial charge in [0.05, 0.1) is 29.8 Å². The maximum absolute atomic E-state index is 13.3. The fourth-order valence-corrected chi connectivity index (χ4v) is 18.6. The second-order valence-corrected chi connectivity index (χ2v) is 34.8. The van der Waals surface area contributed by atoms with Gasteiger partial charge < -0.3 is 87.7 Å². The van der Waals surface area contributed by atoms with Gasteiger partial charge in [0.15, 0.2) is 22.8 Å². The monoisotopic (exact) mass is 1820 g/mol. The molecule has 37 nitrogen and oxygen atoms in total. The van der Waals surface area contributed by atoms with Gasteiger partial charge in [-0.25, -0.2) is 42.3 Å². The molecule has 4 aromatic carbocycles. The third-order valence-electron chi connectivity index (χ3n) is 25.9. The SMILES string of the molecule is CN(C)C(=O)C(=O)N(CCO)C12CCC(CC1)Cn1c2nc(C(=O)NCc2ccc(F)cc2)c(O)c1=O.CN(C)C(=O)C(=O)OCCNC12CCC(CC1)Cn1c2nc(C(=O)NCc2ccc(F)cc2)c(O)c1=O.NC12CCC(CC1)Cn1c2nc(C(=O)NCc2ccc(F)cc2)c(O)c1=O.O=C(NCc1ccc(F)cc1)c1nc2n(c(=O)c1O)CC1CCC2(NCCO)CC1. The number of aliphatic hydroxyl groups is 2. The number of amides is 7. The maximum atomic E-state index is 13.3. The summed E-state index contributed by atoms with van der Waals surface area (Å²) in [6.07, 6.45) is 11.3. The van der Waals surface area contributed by atoms with Crippen LogP contribution in [0.5, 0.6) is 23.0 Å². The summed E-state index contributed by atoms with van der Waals surface area (Å²) in [5.41, 5.74) is 1.44. The minimum atomic E-state index is -1.22. The summed E-state index contributed by atoms with van der Waals surface area (Å²) in [5.74, 6) is -8.51. The van der Waals surface area contributed by atoms with Gasteiger partial charge in [-0.1, -0.05) is 48.5 Å². The zero-order valence-electron chi connectivity index (χ0n) is 72.8. The van der Waals surface area contributed by atoms with Crippen molar-refractivity contribution in [3.8, 4) is 23.0 Å². The second-order valence-electron chi connectivity index (χ2n) is 34.8. The summed E-state index contributed by atoms with van der Waals surface area (Å²) in [4.78, 5) is 174. The Morgan fingerprint density at radius 2 is 0.695 bits per heavy atom. The Morgan fingerprint density at radius 1 is 0.405 bits per heavy atom. The number of carbonyl (C=O) groups is 8. The Balaban J connectivity index is 0.000000150. The van der Waals surface area contributed by atoms with Crippen LogP contribution in [-0.4, -0.2) is 199 Å². The molecule has 14 N–H and O–H groups in total. The Hall–Kier alpha value is -13.1. The molecule has 8 aromatic rings. The predicted octanol–water partition coefficient (Wildman–Crippen LogP) is 3.34. The molecule has 8 aliphatic heterocycles. The lowest BCUT2D eigenvalue weighted by Gasteiger charge is -2.45. The number of ether oxygens (including phenoxy) is 1. The molecule has 12 heterocycles. The van der Waals surface area contributed by atoms with E-state index < -0.39 is 139 Å². The van der Waals surface area contributed by atoms with E-state index in [2.05, 4.69) is 51.8 Å². The van der Waals surface area contributed by atoms with Crippen LogP contribution in [0.3, 0.4) is 0 Å². The lowest BCUT2D eigenvalue weighted by molar-refractivity contribution is -0.158. The Labute approximate surface area is 747 Å². The topological polar surface area (TPSA) is 515 Å². The van der Waals surface area contributed by atoms with Crippen LogP contribution in [0.15, 0.2) is 116 Å². The normalized spacial score (nSPS) is 21.3. The Morgan fingerprint density at radius 3 is 1.02 bits per heavy atom. The van der Waals surface area contributed by atoms with E-state index in [-0.39, 0.29) is 105 Å². The molecule has 0 spiro atoms. The summed E-state index contributed by atoms with van der Waals surface area (Å²) in [7, 11) is 5.79. The molecule has 8 bridgehead atoms. The number of aromatic hydroxyl groups is 4. The minimum Gasteiger partial charge on any atom is -0.501 e. The van der Waals surface area contributed by atoms with Crippen molar-refractivity contribution < 1.29 is 91.3 Å². The van der Waals surface area contributed by atoms with Crippen molar-refractivity contribution in [3.63, 3.8) is 0 Å². The zero-order chi connectivity index (χ0) is 94.1. The quantitative estimate of drug-likeness (QED) is 0.0200. The van der Waals surface area contributed by atoms with Crippen LogP contribution < -0.4 is 59.9 Å². The smallest absolute Gasteiger partial charge is 0.397 e. The van der Waals surface area contributed by atoms with Crippen LogP contribution in [0.1, 0.15) is 190 Å². The highest BCUT2D eigenvalue weighted by atomic mass is 19.1. The molecule has 7 amide bonds. The summed E-state index contributed by atoms with van der Waals surface area (Å²) >= 11 is 0. The van der Waals surface area contributed by atoms with Crippen molar-refractivity contribution >= 4 is 47.3 Å². The third-order valence-corrected chi connectivity index (χ3v) is 25.9. The first kappa shape index (κ1) is 95.5. The number of hydrogen-bond donors (Lipinski definition) is 13. The maximum Gasteiger partial charge on any atom is 0.397 e. The van der Waals surface area contributed by atoms with Gasteiger partial charge in [0, 0.05) is 100 Å². The Kier molecular flexibility index (Phi) is 29.5. The van der Waals surface area contributed by atoms with Gasteiger partial charge in [0.2, 0.25) is 23.0 Å². The highest BCUT2D eigenvalue weighted by Gasteiger charge is 2.53. The molecular formula is C90H106F4N18O19. The van der Waals surface area contributed by atoms with Gasteiger partial charge in [-0.15, -0.1) is 0 Å². The van der Waals surface area contributed by atoms with Crippen LogP contribution in [0.25, 0.3) is 0 Å². The lowest BCUT2D eigenvalue weighted by Crippen LogP contribution is -2.57. The van der Waals surface area contributed by atoms with Gasteiger partial charge in [-0.05, 0) is 197 Å². The number of aromatic nitrogens is 8. The fraction of sp³-hybridized carbons (Fsp3) is 0.467. The number of aliphatic hydroxyl groups excluding tert-OH is 2. The molecule has 0 unspecified atom stereocenters. The predicted molar refractivity (Wildman–Crippen MR) is 460 cm³/mol. The van der Waals surface area contributed by atoms with Crippen LogP contribution >= 0.6 is 0 Å². The van der Waals surface area contributed by atoms with Crippen molar-refractivity contribution in [1.29, 1.82) is 0 Å². The molecule has 698 valence electrons. The van der Waals surface area contributed by atoms with E-state index in [1.165, 1.54) is 124 Å². The standard InChI is InChI=1S/2C25H30FN5O6.C21H25FN4O4.C19H21FN4O3/c1-29(2)22(36)23(37)31(11-12-32)25-9-7-16(8-10-25)14-30-21(35)19(33)18(28-24(25)30)20(34)27-13-15-3-5-17(26)6-4-15;1-30(2)22(35)23(36)37-12-11-28-25-9-7-16(8-10-25)14-31-21(34)19(32)18(29-24(25)31)20(33)27-13-15-3-5-17(26)6-4-15;22-15-3-1-13(2-4-15)11-23-18(29)16-17(28)19(30)26-12-14-5-7-21(8-6-14,20(26)25-16)24-9-10-27;20-13-3-1-11(2-4-13)9-22-16(26)14-15(25)17(27)24-10-12-5-7-19(21,8-6-12)18(24)23-14/h3-6,16,32-33H,7-14H2,1-2H3,(H,27,34);3-6,16,28,32H,7-14H2,1-2H3,(H,27,33);1-4,14,24,27-28H,5-12H2,(H,23,29);1-4,12,25H,5-10,21H2,(H,22,26). The average Bonchev–Trinajstić information content (AvgIpc) is 1.63. The third kappa shape index (κ3) is 20.7. The van der Waals surface area contributed by atoms with Crippen molar-refractivity contribution in [3.05, 3.63) is 230 Å². The van der Waals surface area contributed by atoms with Crippen LogP contribution in [0.2, 0.25) is 0 Å². The second kappa shape index (κ2) is 40.5. The van der Waals surface area contributed by atoms with Crippen LogP contribution in [0.4, 0.5) is 17.6 Å². The number of fused-ring (bicyclic) bond motifs is 8. The van der Waals surface area contributed by atoms with E-state index in [0.717, 1.165) is 61.2 Å². The van der Waals surface area contributed by atoms with Crippen LogP contribution in [0, 0.1) is 46.9 Å². The van der Waals surface area contributed by atoms with Gasteiger partial charge in [-0.3, -0.25) is 71.0 Å². The molecule has 0 atom stereocenters. The van der Waals surface area contributed by atoms with Crippen LogP contribution in [-0.2, 0) is 98.4 Å². The first-order valence-corrected chi connectivity index (χ1v) is 43.4. The molecule has 4 fully saturated rings. The number of benzene rings is 4. The molecule has 0 saturated heterocycles. The highest BCUT2D eigenvalue weighted by molar-refractivity contribution is 6.35. The number of nitrogens with zero attached hydrogens (tertiary/aromatic N) is 11. The van der Waals surface area contributed by atoms with E-state index in [4.69, 9.17) is 10.5 Å². The number of esters is 1. The molecule has 20 rings (SSSR count). The molecule has 4 aliphatic carbocycles. The number of hydrogen-bond acceptors (Lipinski definition) is 26. The molecular weight excluding hydrogens is 1710 g/mol. The lowest BCUT2D eigenvalue weighted by atomic mass is 9.76. The first-order valence-electron chi connectivity index (χ1n) is 43.4. The van der Waals surface area contributed by atoms with E-state index in [9.17, 15) is 106 Å². The Bertz CT molecular complexity index is 5880. The molecule has 0 radical (unpaired) electrons. The number of carbonyl (C=O) groups excluding carboxylic acids is 8. The molecule has 4 saturated carbocycles. The van der Waals surface area contributed by atoms with Crippen molar-refractivity contribution in [2.75, 3.05) is 67.6 Å². The average molecular weight is 1820 g/mol. The number of nitrogens with one attached hydrogen (secondary N) is 6. The number of nitrogens with two attached hydrogens (primary N) is 1. The van der Waals surface area contributed by atoms with Gasteiger partial charge in [-0.2, -0.15) is 0 Å². The largest absolute Gasteiger partial charge is 0.501 e. The van der Waals surface area contributed by atoms with Gasteiger partial charge in [0.25, 0.3) is 45.9 Å². The van der Waals surface area contributed by atoms with Crippen molar-refractivity contribution in [2.24, 2.45) is 29.4 Å². The minimum absolute atomic E-state index is 0.00166. The number of likely N-dealkylation sites (N-methyl/N-ethyl adjacent to an activating group) is 2. The summed E-state index contributed by atoms with van der Waals surface area (Å²) < 4.78 is 63.0. The summed E-state index contributed by atoms with van der Waals surface area (Å²) in [6.45, 7) is 1.63. The van der Waals surface area contributed by atoms with E-state index >= 15 is 0 Å². The summed E-state index contributed by atoms with van der Waals surface area (Å²) in [5, 5.41) is 78.1. The molecule has 4 aromatic heterocycles. The zero-order valence-corrected chi connectivity index (χ0v) is 72.8. The number of rotatable bonds is 22. The number of halogens is 4. The van der Waals surface area contributed by atoms with Gasteiger partial charge >= 0.3 is 23.7 Å². The molecule has 12 aliphatic rings. The fourth-order valence-electron chi connectivity index (χ4n) is 18.6. The van der Waals surface area contributed by atoms with E-state index in [0.29, 0.717) is 129 Å². The van der Waals surface area contributed by atoms with Gasteiger partial charge in [0.1, 0.15) is 58.7 Å². The molecule has 41 heteroatoms. The first-order chi connectivity index (χ1) is 62.5.